The fourth-order valence-corrected chi connectivity index (χ4v) is 0.679. The van der Waals surface area contributed by atoms with Crippen LogP contribution in [0.5, 0.6) is 0 Å². The monoisotopic (exact) mass is 208 g/mol. The Morgan fingerprint density at radius 2 is 2.27 bits per heavy atom. The molecule has 3 N–H and O–H groups in total. The van der Waals surface area contributed by atoms with E-state index in [9.17, 15) is 0 Å². The highest BCUT2D eigenvalue weighted by molar-refractivity contribution is 5.77. The van der Waals surface area contributed by atoms with E-state index < -0.39 is 0 Å². The van der Waals surface area contributed by atoms with Crippen molar-refractivity contribution in [1.29, 1.82) is 10.9 Å². The average Bonchev–Trinajstić information content (AvgIpc) is 2.23. The normalized spacial score (nSPS) is 10.5. The van der Waals surface area contributed by atoms with Crippen molar-refractivity contribution in [2.75, 3.05) is 7.05 Å². The minimum Gasteiger partial charge on any atom is -0.277 e. The molecule has 15 heavy (non-hydrogen) atoms. The molecular formula is C9H16N6. The van der Waals surface area contributed by atoms with Gasteiger partial charge in [-0.1, -0.05) is 19.6 Å². The Balaban J connectivity index is 4.04. The Labute approximate surface area is 89.4 Å². The van der Waals surface area contributed by atoms with Gasteiger partial charge in [0.15, 0.2) is 0 Å². The molecule has 0 amide bonds. The van der Waals surface area contributed by atoms with E-state index in [1.165, 1.54) is 11.3 Å². The second-order valence-electron chi connectivity index (χ2n) is 2.73. The number of nitrogens with one attached hydrogen (secondary N) is 3. The van der Waals surface area contributed by atoms with Crippen LogP contribution in [0.3, 0.4) is 0 Å². The van der Waals surface area contributed by atoms with Crippen molar-refractivity contribution in [1.82, 2.24) is 10.4 Å². The third-order valence-corrected chi connectivity index (χ3v) is 1.34. The van der Waals surface area contributed by atoms with Gasteiger partial charge in [-0.2, -0.15) is 0 Å². The molecule has 0 aromatic heterocycles. The Bertz CT molecular complexity index is 291. The molecule has 0 aliphatic rings. The van der Waals surface area contributed by atoms with Gasteiger partial charge in [0, 0.05) is 7.05 Å². The van der Waals surface area contributed by atoms with Crippen molar-refractivity contribution in [3.05, 3.63) is 24.4 Å². The lowest BCUT2D eigenvalue weighted by atomic mass is 10.4. The van der Waals surface area contributed by atoms with E-state index in [2.05, 4.69) is 22.1 Å². The number of rotatable bonds is 5. The molecule has 0 unspecified atom stereocenters. The van der Waals surface area contributed by atoms with E-state index in [4.69, 9.17) is 10.9 Å². The van der Waals surface area contributed by atoms with Crippen molar-refractivity contribution in [3.63, 3.8) is 0 Å². The maximum absolute atomic E-state index is 7.06. The van der Waals surface area contributed by atoms with Crippen LogP contribution in [-0.4, -0.2) is 24.4 Å². The van der Waals surface area contributed by atoms with Crippen LogP contribution in [0.2, 0.25) is 0 Å². The lowest BCUT2D eigenvalue weighted by Crippen LogP contribution is -2.36. The van der Waals surface area contributed by atoms with E-state index in [1.807, 2.05) is 19.1 Å². The highest BCUT2D eigenvalue weighted by Crippen LogP contribution is 1.94. The zero-order valence-electron chi connectivity index (χ0n) is 8.99. The number of nitrogens with zero attached hydrogens (tertiary/aromatic N) is 3. The van der Waals surface area contributed by atoms with Crippen molar-refractivity contribution < 1.29 is 0 Å². The SMILES string of the molecule is C=C(/C=C\CC)N=CN(C)NC(=N)N=N. The molecule has 0 spiro atoms. The average molecular weight is 208 g/mol. The first-order valence-corrected chi connectivity index (χ1v) is 4.45. The standard InChI is InChI=1S/C9H16N6/c1-4-5-6-8(2)12-7-15(3)14-9(10)13-11/h5-7,11H,2,4H2,1,3H3,(H2,10,14)/b6-5-,12-7?,13-11?. The highest BCUT2D eigenvalue weighted by Gasteiger charge is 1.93. The van der Waals surface area contributed by atoms with Gasteiger partial charge in [0.25, 0.3) is 5.96 Å². The number of hydrogen-bond donors (Lipinski definition) is 3. The molecule has 0 heterocycles. The number of guanidine groups is 1. The summed E-state index contributed by atoms with van der Waals surface area (Å²) in [6, 6.07) is 0. The van der Waals surface area contributed by atoms with Crippen LogP contribution in [0, 0.1) is 10.9 Å². The summed E-state index contributed by atoms with van der Waals surface area (Å²) in [4.78, 5) is 4.01. The molecule has 0 aromatic carbocycles. The molecule has 0 bridgehead atoms. The zero-order chi connectivity index (χ0) is 11.7. The summed E-state index contributed by atoms with van der Waals surface area (Å²) in [5.41, 5.74) is 9.66. The van der Waals surface area contributed by atoms with Crippen LogP contribution in [0.25, 0.3) is 0 Å². The molecule has 0 aromatic rings. The van der Waals surface area contributed by atoms with Gasteiger partial charge in [-0.25, -0.2) is 10.5 Å². The van der Waals surface area contributed by atoms with Gasteiger partial charge >= 0.3 is 0 Å². The molecule has 0 rings (SSSR count). The molecule has 82 valence electrons. The first-order valence-electron chi connectivity index (χ1n) is 4.45. The summed E-state index contributed by atoms with van der Waals surface area (Å²) in [6.45, 7) is 5.74. The molecular weight excluding hydrogens is 192 g/mol. The molecule has 0 aliphatic carbocycles. The Kier molecular flexibility index (Phi) is 6.45. The lowest BCUT2D eigenvalue weighted by Gasteiger charge is -2.12. The van der Waals surface area contributed by atoms with Gasteiger partial charge in [0.1, 0.15) is 6.34 Å². The van der Waals surface area contributed by atoms with Crippen molar-refractivity contribution in [2.24, 2.45) is 10.1 Å². The van der Waals surface area contributed by atoms with Gasteiger partial charge in [0.2, 0.25) is 0 Å². The predicted octanol–water partition coefficient (Wildman–Crippen LogP) is 1.90. The Hall–Kier alpha value is -1.98. The minimum absolute atomic E-state index is 0.251. The Morgan fingerprint density at radius 1 is 1.60 bits per heavy atom. The summed E-state index contributed by atoms with van der Waals surface area (Å²) in [7, 11) is 1.65. The largest absolute Gasteiger partial charge is 0.277 e. The fourth-order valence-electron chi connectivity index (χ4n) is 0.679. The quantitative estimate of drug-likeness (QED) is 0.212. The number of aliphatic imine (C=N–C) groups is 1. The van der Waals surface area contributed by atoms with Gasteiger partial charge in [-0.3, -0.25) is 15.8 Å². The molecule has 6 heteroatoms. The second-order valence-corrected chi connectivity index (χ2v) is 2.73. The van der Waals surface area contributed by atoms with Crippen LogP contribution in [0.4, 0.5) is 0 Å². The summed E-state index contributed by atoms with van der Waals surface area (Å²) < 4.78 is 0. The van der Waals surface area contributed by atoms with Crippen LogP contribution < -0.4 is 5.43 Å². The molecule has 0 atom stereocenters. The smallest absolute Gasteiger partial charge is 0.253 e. The summed E-state index contributed by atoms with van der Waals surface area (Å²) in [5, 5.41) is 11.4. The predicted molar refractivity (Wildman–Crippen MR) is 60.8 cm³/mol. The fraction of sp³-hybridized carbons (Fsp3) is 0.333. The van der Waals surface area contributed by atoms with Gasteiger partial charge in [0.05, 0.1) is 5.70 Å². The maximum Gasteiger partial charge on any atom is 0.253 e. The number of allylic oxidation sites excluding steroid dienone is 2. The summed E-state index contributed by atoms with van der Waals surface area (Å²) >= 11 is 0. The first-order chi connectivity index (χ1) is 7.10. The minimum atomic E-state index is -0.251. The van der Waals surface area contributed by atoms with Gasteiger partial charge < -0.3 is 0 Å². The number of hydrazine groups is 1. The topological polar surface area (TPSA) is 87.7 Å². The molecule has 0 saturated heterocycles. The molecule has 0 aliphatic heterocycles. The Morgan fingerprint density at radius 3 is 2.80 bits per heavy atom. The van der Waals surface area contributed by atoms with Crippen molar-refractivity contribution >= 4 is 12.3 Å². The van der Waals surface area contributed by atoms with E-state index in [1.54, 1.807) is 7.05 Å². The van der Waals surface area contributed by atoms with Crippen LogP contribution >= 0.6 is 0 Å². The van der Waals surface area contributed by atoms with Crippen LogP contribution in [0.15, 0.2) is 34.5 Å². The first kappa shape index (κ1) is 13.0. The van der Waals surface area contributed by atoms with Crippen molar-refractivity contribution in [2.45, 2.75) is 13.3 Å². The molecule has 0 radical (unpaired) electrons. The van der Waals surface area contributed by atoms with Crippen LogP contribution in [-0.2, 0) is 0 Å². The van der Waals surface area contributed by atoms with E-state index in [0.717, 1.165) is 6.42 Å². The molecule has 0 fully saturated rings. The van der Waals surface area contributed by atoms with E-state index in [0.29, 0.717) is 5.70 Å². The van der Waals surface area contributed by atoms with Gasteiger partial charge in [-0.15, -0.1) is 5.11 Å². The van der Waals surface area contributed by atoms with Crippen molar-refractivity contribution in [3.8, 4) is 0 Å². The summed E-state index contributed by atoms with van der Waals surface area (Å²) in [5.74, 6) is -0.251. The van der Waals surface area contributed by atoms with E-state index in [-0.39, 0.29) is 5.96 Å². The number of hydrogen-bond acceptors (Lipinski definition) is 3. The van der Waals surface area contributed by atoms with E-state index >= 15 is 0 Å². The third-order valence-electron chi connectivity index (χ3n) is 1.34. The summed E-state index contributed by atoms with van der Waals surface area (Å²) in [6.07, 6.45) is 6.16. The zero-order valence-corrected chi connectivity index (χ0v) is 8.99. The molecule has 0 saturated carbocycles. The maximum atomic E-state index is 7.06. The second kappa shape index (κ2) is 7.43. The lowest BCUT2D eigenvalue weighted by molar-refractivity contribution is 0.465. The van der Waals surface area contributed by atoms with Crippen LogP contribution in [0.1, 0.15) is 13.3 Å². The highest BCUT2D eigenvalue weighted by atomic mass is 15.5. The molecule has 6 nitrogen and oxygen atoms in total. The van der Waals surface area contributed by atoms with Gasteiger partial charge in [-0.05, 0) is 12.5 Å². The third kappa shape index (κ3) is 7.12.